The quantitative estimate of drug-likeness (QED) is 0.709. The van der Waals surface area contributed by atoms with Gasteiger partial charge >= 0.3 is 0 Å². The topological polar surface area (TPSA) is 52.6 Å². The van der Waals surface area contributed by atoms with Gasteiger partial charge in [-0.25, -0.2) is 0 Å². The fourth-order valence-electron chi connectivity index (χ4n) is 3.37. The van der Waals surface area contributed by atoms with Gasteiger partial charge in [-0.3, -0.25) is 9.69 Å². The van der Waals surface area contributed by atoms with Crippen LogP contribution in [0.1, 0.15) is 24.8 Å². The first-order valence-corrected chi connectivity index (χ1v) is 8.90. The van der Waals surface area contributed by atoms with Crippen LogP contribution in [0.3, 0.4) is 0 Å². The fourth-order valence-corrected chi connectivity index (χ4v) is 3.49. The first-order chi connectivity index (χ1) is 11.6. The molecule has 0 bridgehead atoms. The van der Waals surface area contributed by atoms with E-state index in [2.05, 4.69) is 16.8 Å². The van der Waals surface area contributed by atoms with E-state index in [0.717, 1.165) is 49.4 Å². The van der Waals surface area contributed by atoms with E-state index in [4.69, 9.17) is 11.6 Å². The fraction of sp³-hybridized carbons (Fsp3) is 0.526. The minimum absolute atomic E-state index is 0.0382. The van der Waals surface area contributed by atoms with Crippen molar-refractivity contribution >= 4 is 17.5 Å². The van der Waals surface area contributed by atoms with Gasteiger partial charge < -0.3 is 10.4 Å². The van der Waals surface area contributed by atoms with Crippen molar-refractivity contribution in [2.24, 2.45) is 5.41 Å². The summed E-state index contributed by atoms with van der Waals surface area (Å²) < 4.78 is 0. The molecule has 1 aliphatic rings. The smallest absolute Gasteiger partial charge is 0.234 e. The number of benzene rings is 1. The number of nitrogens with zero attached hydrogens (tertiary/aromatic N) is 1. The highest BCUT2D eigenvalue weighted by Gasteiger charge is 2.34. The molecule has 0 saturated carbocycles. The Bertz CT molecular complexity index is 547. The summed E-state index contributed by atoms with van der Waals surface area (Å²) in [6.07, 6.45) is 5.45. The lowest BCUT2D eigenvalue weighted by Crippen LogP contribution is -2.48. The van der Waals surface area contributed by atoms with Crippen molar-refractivity contribution < 1.29 is 9.90 Å². The van der Waals surface area contributed by atoms with Gasteiger partial charge in [-0.05, 0) is 49.9 Å². The summed E-state index contributed by atoms with van der Waals surface area (Å²) in [5.41, 5.74) is 1.02. The van der Waals surface area contributed by atoms with Crippen LogP contribution in [0.2, 0.25) is 5.02 Å². The summed E-state index contributed by atoms with van der Waals surface area (Å²) in [6.45, 7) is 6.60. The molecule has 2 N–H and O–H groups in total. The number of aliphatic hydroxyl groups excluding tert-OH is 1. The van der Waals surface area contributed by atoms with E-state index in [1.807, 2.05) is 30.3 Å². The second-order valence-electron chi connectivity index (χ2n) is 6.69. The van der Waals surface area contributed by atoms with E-state index in [0.29, 0.717) is 13.1 Å². The number of allylic oxidation sites excluding steroid dienone is 1. The first-order valence-electron chi connectivity index (χ1n) is 8.52. The zero-order chi connectivity index (χ0) is 17.4. The van der Waals surface area contributed by atoms with Crippen molar-refractivity contribution in [2.75, 3.05) is 32.8 Å². The van der Waals surface area contributed by atoms with Crippen molar-refractivity contribution in [3.63, 3.8) is 0 Å². The highest BCUT2D eigenvalue weighted by Crippen LogP contribution is 2.33. The third-order valence-corrected chi connectivity index (χ3v) is 4.92. The molecule has 1 aromatic rings. The zero-order valence-corrected chi connectivity index (χ0v) is 14.9. The second kappa shape index (κ2) is 9.21. The molecular formula is C19H27ClN2O2. The maximum atomic E-state index is 12.2. The van der Waals surface area contributed by atoms with Crippen molar-refractivity contribution in [1.29, 1.82) is 0 Å². The lowest BCUT2D eigenvalue weighted by Gasteiger charge is -2.41. The zero-order valence-electron chi connectivity index (χ0n) is 14.1. The molecule has 1 saturated heterocycles. The van der Waals surface area contributed by atoms with Gasteiger partial charge in [-0.2, -0.15) is 0 Å². The maximum absolute atomic E-state index is 12.2. The average Bonchev–Trinajstić information content (AvgIpc) is 2.57. The predicted octanol–water partition coefficient (Wildman–Crippen LogP) is 2.65. The molecule has 1 atom stereocenters. The van der Waals surface area contributed by atoms with Gasteiger partial charge in [0.25, 0.3) is 0 Å². The summed E-state index contributed by atoms with van der Waals surface area (Å²) in [5, 5.41) is 13.4. The summed E-state index contributed by atoms with van der Waals surface area (Å²) >= 11 is 5.86. The molecule has 0 spiro atoms. The maximum Gasteiger partial charge on any atom is 0.234 e. The number of aliphatic hydroxyl groups is 1. The molecule has 0 aliphatic carbocycles. The van der Waals surface area contributed by atoms with E-state index < -0.39 is 0 Å². The lowest BCUT2D eigenvalue weighted by molar-refractivity contribution is -0.123. The van der Waals surface area contributed by atoms with Crippen LogP contribution in [0.25, 0.3) is 0 Å². The summed E-state index contributed by atoms with van der Waals surface area (Å²) in [6, 6.07) is 7.68. The van der Waals surface area contributed by atoms with Crippen molar-refractivity contribution in [2.45, 2.75) is 25.7 Å². The minimum Gasteiger partial charge on any atom is -0.396 e. The number of amides is 1. The molecule has 132 valence electrons. The van der Waals surface area contributed by atoms with Gasteiger partial charge in [0.15, 0.2) is 0 Å². The molecule has 4 nitrogen and oxygen atoms in total. The molecule has 2 rings (SSSR count). The molecule has 1 heterocycles. The SMILES string of the molecule is C=CCC1(CO)CCCN(CC(=O)NCCc2ccc(Cl)cc2)C1. The van der Waals surface area contributed by atoms with Crippen LogP contribution < -0.4 is 5.32 Å². The molecule has 0 aromatic heterocycles. The molecule has 1 fully saturated rings. The van der Waals surface area contributed by atoms with Gasteiger partial charge in [0.2, 0.25) is 5.91 Å². The van der Waals surface area contributed by atoms with Crippen LogP contribution in [0.15, 0.2) is 36.9 Å². The van der Waals surface area contributed by atoms with Crippen molar-refractivity contribution in [1.82, 2.24) is 10.2 Å². The number of nitrogens with one attached hydrogen (secondary N) is 1. The number of carbonyl (C=O) groups is 1. The molecule has 0 radical (unpaired) electrons. The molecule has 1 amide bonds. The molecule has 24 heavy (non-hydrogen) atoms. The standard InChI is InChI=1S/C19H27ClN2O2/c1-2-9-19(15-23)10-3-12-22(14-19)13-18(24)21-11-8-16-4-6-17(20)7-5-16/h2,4-7,23H,1,3,8-15H2,(H,21,24). The van der Waals surface area contributed by atoms with Crippen LogP contribution in [-0.2, 0) is 11.2 Å². The van der Waals surface area contributed by atoms with E-state index >= 15 is 0 Å². The Morgan fingerprint density at radius 2 is 2.17 bits per heavy atom. The number of piperidine rings is 1. The Labute approximate surface area is 149 Å². The van der Waals surface area contributed by atoms with Crippen LogP contribution in [0.4, 0.5) is 0 Å². The number of rotatable bonds is 8. The second-order valence-corrected chi connectivity index (χ2v) is 7.13. The molecule has 1 aromatic carbocycles. The van der Waals surface area contributed by atoms with E-state index in [-0.39, 0.29) is 17.9 Å². The Morgan fingerprint density at radius 3 is 2.83 bits per heavy atom. The summed E-state index contributed by atoms with van der Waals surface area (Å²) in [4.78, 5) is 14.3. The van der Waals surface area contributed by atoms with Crippen molar-refractivity contribution in [3.05, 3.63) is 47.5 Å². The van der Waals surface area contributed by atoms with Gasteiger partial charge in [0.1, 0.15) is 0 Å². The normalized spacial score (nSPS) is 21.4. The third-order valence-electron chi connectivity index (χ3n) is 4.67. The highest BCUT2D eigenvalue weighted by molar-refractivity contribution is 6.30. The number of hydrogen-bond acceptors (Lipinski definition) is 3. The molecule has 5 heteroatoms. The number of hydrogen-bond donors (Lipinski definition) is 2. The third kappa shape index (κ3) is 5.62. The monoisotopic (exact) mass is 350 g/mol. The van der Waals surface area contributed by atoms with Gasteiger partial charge in [-0.15, -0.1) is 6.58 Å². The predicted molar refractivity (Wildman–Crippen MR) is 98.2 cm³/mol. The largest absolute Gasteiger partial charge is 0.396 e. The number of likely N-dealkylation sites (tertiary alicyclic amines) is 1. The molecular weight excluding hydrogens is 324 g/mol. The lowest BCUT2D eigenvalue weighted by atomic mass is 9.78. The van der Waals surface area contributed by atoms with Gasteiger partial charge in [-0.1, -0.05) is 29.8 Å². The minimum atomic E-state index is -0.135. The Kier molecular flexibility index (Phi) is 7.28. The van der Waals surface area contributed by atoms with Crippen LogP contribution in [-0.4, -0.2) is 48.7 Å². The van der Waals surface area contributed by atoms with Gasteiger partial charge in [0.05, 0.1) is 13.2 Å². The van der Waals surface area contributed by atoms with Crippen LogP contribution >= 0.6 is 11.6 Å². The van der Waals surface area contributed by atoms with E-state index in [9.17, 15) is 9.90 Å². The number of carbonyl (C=O) groups excluding carboxylic acids is 1. The van der Waals surface area contributed by atoms with Gasteiger partial charge in [0, 0.05) is 23.5 Å². The molecule has 1 unspecified atom stereocenters. The first kappa shape index (κ1) is 19.0. The number of halogens is 1. The summed E-state index contributed by atoms with van der Waals surface area (Å²) in [7, 11) is 0. The van der Waals surface area contributed by atoms with E-state index in [1.165, 1.54) is 0 Å². The molecule has 1 aliphatic heterocycles. The summed E-state index contributed by atoms with van der Waals surface area (Å²) in [5.74, 6) is 0.0382. The van der Waals surface area contributed by atoms with Crippen LogP contribution in [0, 0.1) is 5.41 Å². The Hall–Kier alpha value is -1.36. The van der Waals surface area contributed by atoms with E-state index in [1.54, 1.807) is 0 Å². The van der Waals surface area contributed by atoms with Crippen molar-refractivity contribution in [3.8, 4) is 0 Å². The Balaban J connectivity index is 1.75. The highest BCUT2D eigenvalue weighted by atomic mass is 35.5. The average molecular weight is 351 g/mol. The Morgan fingerprint density at radius 1 is 1.42 bits per heavy atom. The van der Waals surface area contributed by atoms with Crippen LogP contribution in [0.5, 0.6) is 0 Å².